The molecule has 0 spiro atoms. The third kappa shape index (κ3) is 6.37. The fourth-order valence-electron chi connectivity index (χ4n) is 3.75. The van der Waals surface area contributed by atoms with Gasteiger partial charge in [-0.15, -0.1) is 9.78 Å². The van der Waals surface area contributed by atoms with E-state index < -0.39 is 17.7 Å². The molecule has 3 heterocycles. The molecule has 1 aliphatic rings. The largest absolute Gasteiger partial charge is 0.493 e. The number of nitrogens with two attached hydrogens (primary N) is 1. The Labute approximate surface area is 221 Å². The Morgan fingerprint density at radius 1 is 1.26 bits per heavy atom. The Bertz CT molecular complexity index is 1500. The van der Waals surface area contributed by atoms with E-state index in [1.807, 2.05) is 12.1 Å². The second-order valence-corrected chi connectivity index (χ2v) is 8.19. The van der Waals surface area contributed by atoms with Crippen molar-refractivity contribution < 1.29 is 24.1 Å². The molecule has 1 atom stereocenters. The van der Waals surface area contributed by atoms with Crippen molar-refractivity contribution in [3.63, 3.8) is 0 Å². The zero-order valence-corrected chi connectivity index (χ0v) is 21.0. The number of rotatable bonds is 7. The number of carboxylic acid groups (broad SMARTS) is 1. The molecule has 5 rings (SSSR count). The lowest BCUT2D eigenvalue weighted by Gasteiger charge is -2.24. The Balaban J connectivity index is 0.000000826. The molecule has 2 aromatic carbocycles. The fourth-order valence-corrected chi connectivity index (χ4v) is 3.75. The van der Waals surface area contributed by atoms with Crippen LogP contribution in [-0.4, -0.2) is 55.5 Å². The summed E-state index contributed by atoms with van der Waals surface area (Å²) < 4.78 is 17.7. The van der Waals surface area contributed by atoms with E-state index in [0.717, 1.165) is 28.4 Å². The number of nitrogen functional groups attached to an aromatic ring is 1. The smallest absolute Gasteiger partial charge is 0.350 e. The van der Waals surface area contributed by atoms with Crippen LogP contribution >= 0.6 is 0 Å². The monoisotopic (exact) mass is 534 g/mol. The first kappa shape index (κ1) is 26.8. The van der Waals surface area contributed by atoms with Crippen LogP contribution in [0.15, 0.2) is 59.7 Å². The zero-order valence-electron chi connectivity index (χ0n) is 21.0. The number of nitrogens with zero attached hydrogens (tertiary/aromatic N) is 4. The van der Waals surface area contributed by atoms with Gasteiger partial charge in [-0.05, 0) is 48.0 Å². The highest BCUT2D eigenvalue weighted by Gasteiger charge is 2.25. The topological polar surface area (TPSA) is 203 Å². The molecule has 39 heavy (non-hydrogen) atoms. The minimum absolute atomic E-state index is 0.0292. The summed E-state index contributed by atoms with van der Waals surface area (Å²) in [5.74, 6) is 0.766. The summed E-state index contributed by atoms with van der Waals surface area (Å²) in [6.45, 7) is 1.57. The van der Waals surface area contributed by atoms with Crippen LogP contribution in [0.2, 0.25) is 0 Å². The van der Waals surface area contributed by atoms with Gasteiger partial charge in [-0.3, -0.25) is 15.2 Å². The SMILES string of the molecule is CC(=O)O.COc1cc(C(Nc2ccc(C(=N)N)cc2)c2nn(-c3ncccn3)c(=O)[nH]2)cc2c1OCOC2. The molecule has 6 N–H and O–H groups in total. The molecule has 14 heteroatoms. The van der Waals surface area contributed by atoms with Crippen LogP contribution in [0.1, 0.15) is 35.5 Å². The molecule has 0 saturated heterocycles. The number of benzene rings is 2. The lowest BCUT2D eigenvalue weighted by Crippen LogP contribution is -2.18. The van der Waals surface area contributed by atoms with Crippen LogP contribution in [0, 0.1) is 5.41 Å². The summed E-state index contributed by atoms with van der Waals surface area (Å²) in [5, 5.41) is 22.9. The number of carbonyl (C=O) groups is 1. The normalized spacial score (nSPS) is 12.7. The number of aromatic amines is 1. The molecule has 1 unspecified atom stereocenters. The van der Waals surface area contributed by atoms with Crippen molar-refractivity contribution in [3.05, 3.63) is 87.9 Å². The van der Waals surface area contributed by atoms with Gasteiger partial charge in [0.1, 0.15) is 11.9 Å². The van der Waals surface area contributed by atoms with E-state index in [-0.39, 0.29) is 18.6 Å². The summed E-state index contributed by atoms with van der Waals surface area (Å²) in [7, 11) is 1.56. The Morgan fingerprint density at radius 3 is 2.59 bits per heavy atom. The number of ether oxygens (including phenoxy) is 3. The zero-order chi connectivity index (χ0) is 27.9. The van der Waals surface area contributed by atoms with Gasteiger partial charge < -0.3 is 30.4 Å². The highest BCUT2D eigenvalue weighted by molar-refractivity contribution is 5.95. The number of anilines is 1. The first-order chi connectivity index (χ1) is 18.8. The highest BCUT2D eigenvalue weighted by atomic mass is 16.7. The van der Waals surface area contributed by atoms with Crippen molar-refractivity contribution in [1.29, 1.82) is 5.41 Å². The molecule has 0 saturated carbocycles. The van der Waals surface area contributed by atoms with Gasteiger partial charge in [0.15, 0.2) is 24.1 Å². The predicted molar refractivity (Wildman–Crippen MR) is 139 cm³/mol. The standard InChI is InChI=1S/C23H22N8O4.C2H4O2/c1-33-17-10-14(9-15-11-34-12-35-19(15)17)18(28-16-5-3-13(4-6-16)20(24)25)21-29-23(32)31(30-21)22-26-7-2-8-27-22;1-2(3)4/h2-10,18,28H,11-12H2,1H3,(H3,24,25)(H,29,30,32);1H3,(H,3,4). The van der Waals surface area contributed by atoms with Crippen molar-refractivity contribution in [2.24, 2.45) is 5.73 Å². The number of hydrogen-bond donors (Lipinski definition) is 5. The molecular weight excluding hydrogens is 508 g/mol. The molecule has 0 amide bonds. The van der Waals surface area contributed by atoms with E-state index >= 15 is 0 Å². The van der Waals surface area contributed by atoms with Crippen molar-refractivity contribution >= 4 is 17.5 Å². The maximum atomic E-state index is 12.7. The Hall–Kier alpha value is -5.24. The van der Waals surface area contributed by atoms with Crippen LogP contribution in [0.25, 0.3) is 5.95 Å². The fraction of sp³-hybridized carbons (Fsp3) is 0.200. The molecule has 4 aromatic rings. The predicted octanol–water partition coefficient (Wildman–Crippen LogP) is 1.80. The average Bonchev–Trinajstić information content (AvgIpc) is 3.32. The minimum atomic E-state index is -0.833. The lowest BCUT2D eigenvalue weighted by molar-refractivity contribution is -0.134. The molecule has 0 bridgehead atoms. The van der Waals surface area contributed by atoms with Gasteiger partial charge in [-0.25, -0.2) is 14.8 Å². The van der Waals surface area contributed by atoms with Gasteiger partial charge in [0, 0.05) is 36.1 Å². The van der Waals surface area contributed by atoms with Gasteiger partial charge in [-0.2, -0.15) is 0 Å². The maximum absolute atomic E-state index is 12.7. The second kappa shape index (κ2) is 11.9. The Morgan fingerprint density at radius 2 is 1.95 bits per heavy atom. The summed E-state index contributed by atoms with van der Waals surface area (Å²) in [4.78, 5) is 32.8. The third-order valence-corrected chi connectivity index (χ3v) is 5.41. The minimum Gasteiger partial charge on any atom is -0.493 e. The first-order valence-corrected chi connectivity index (χ1v) is 11.5. The van der Waals surface area contributed by atoms with Crippen LogP contribution in [-0.2, 0) is 16.1 Å². The molecule has 0 fully saturated rings. The highest BCUT2D eigenvalue weighted by Crippen LogP contribution is 2.38. The number of H-pyrrole nitrogens is 1. The van der Waals surface area contributed by atoms with E-state index in [1.54, 1.807) is 37.4 Å². The Kier molecular flexibility index (Phi) is 8.16. The van der Waals surface area contributed by atoms with Crippen molar-refractivity contribution in [3.8, 4) is 17.4 Å². The van der Waals surface area contributed by atoms with E-state index in [0.29, 0.717) is 29.5 Å². The van der Waals surface area contributed by atoms with E-state index in [2.05, 4.69) is 25.4 Å². The van der Waals surface area contributed by atoms with Gasteiger partial charge in [-0.1, -0.05) is 0 Å². The number of aromatic nitrogens is 5. The molecule has 1 aliphatic heterocycles. The van der Waals surface area contributed by atoms with Crippen LogP contribution in [0.4, 0.5) is 5.69 Å². The molecule has 0 aliphatic carbocycles. The quantitative estimate of drug-likeness (QED) is 0.171. The molecule has 0 radical (unpaired) electrons. The number of hydrogen-bond acceptors (Lipinski definition) is 10. The van der Waals surface area contributed by atoms with Gasteiger partial charge in [0.2, 0.25) is 0 Å². The van der Waals surface area contributed by atoms with E-state index in [4.69, 9.17) is 35.3 Å². The van der Waals surface area contributed by atoms with Crippen molar-refractivity contribution in [1.82, 2.24) is 24.7 Å². The molecule has 2 aromatic heterocycles. The number of amidine groups is 1. The lowest BCUT2D eigenvalue weighted by atomic mass is 10.0. The summed E-state index contributed by atoms with van der Waals surface area (Å²) in [6.07, 6.45) is 3.06. The van der Waals surface area contributed by atoms with Gasteiger partial charge in [0.25, 0.3) is 11.9 Å². The number of fused-ring (bicyclic) bond motifs is 1. The number of nitrogens with one attached hydrogen (secondary N) is 3. The number of aliphatic carboxylic acids is 1. The maximum Gasteiger partial charge on any atom is 0.350 e. The first-order valence-electron chi connectivity index (χ1n) is 11.5. The summed E-state index contributed by atoms with van der Waals surface area (Å²) in [6, 6.07) is 11.8. The number of carboxylic acids is 1. The van der Waals surface area contributed by atoms with Crippen molar-refractivity contribution in [2.45, 2.75) is 19.6 Å². The van der Waals surface area contributed by atoms with Crippen LogP contribution in [0.3, 0.4) is 0 Å². The van der Waals surface area contributed by atoms with Gasteiger partial charge in [0.05, 0.1) is 13.7 Å². The summed E-state index contributed by atoms with van der Waals surface area (Å²) in [5.41, 5.74) is 7.96. The molecular formula is C25H26N8O6. The van der Waals surface area contributed by atoms with Crippen molar-refractivity contribution in [2.75, 3.05) is 19.2 Å². The third-order valence-electron chi connectivity index (χ3n) is 5.41. The van der Waals surface area contributed by atoms with E-state index in [1.165, 1.54) is 12.4 Å². The number of methoxy groups -OCH3 is 1. The summed E-state index contributed by atoms with van der Waals surface area (Å²) >= 11 is 0. The van der Waals surface area contributed by atoms with E-state index in [9.17, 15) is 4.79 Å². The second-order valence-electron chi connectivity index (χ2n) is 8.19. The molecule has 14 nitrogen and oxygen atoms in total. The van der Waals surface area contributed by atoms with Crippen LogP contribution < -0.4 is 26.2 Å². The van der Waals surface area contributed by atoms with Crippen LogP contribution in [0.5, 0.6) is 11.5 Å². The van der Waals surface area contributed by atoms with Gasteiger partial charge >= 0.3 is 5.69 Å². The molecule has 202 valence electrons. The average molecular weight is 535 g/mol.